The third kappa shape index (κ3) is 3.54. The van der Waals surface area contributed by atoms with Crippen LogP contribution >= 0.6 is 0 Å². The van der Waals surface area contributed by atoms with Crippen LogP contribution < -0.4 is 5.32 Å². The fourth-order valence-corrected chi connectivity index (χ4v) is 1.97. The van der Waals surface area contributed by atoms with E-state index in [1.165, 1.54) is 6.42 Å². The average molecular weight is 223 g/mol. The molecular weight excluding hydrogens is 198 g/mol. The Bertz CT molecular complexity index is 304. The van der Waals surface area contributed by atoms with Crippen LogP contribution in [-0.2, 0) is 0 Å². The summed E-state index contributed by atoms with van der Waals surface area (Å²) in [7, 11) is 0. The molecule has 0 radical (unpaired) electrons. The first-order valence-corrected chi connectivity index (χ1v) is 6.34. The summed E-state index contributed by atoms with van der Waals surface area (Å²) in [6.07, 6.45) is 4.16. The van der Waals surface area contributed by atoms with Gasteiger partial charge in [0, 0.05) is 12.1 Å². The van der Waals surface area contributed by atoms with Gasteiger partial charge in [-0.3, -0.25) is 0 Å². The SMILES string of the molecule is CCC(C)n1nccc1NC(C)CC(C)C. The quantitative estimate of drug-likeness (QED) is 0.797. The summed E-state index contributed by atoms with van der Waals surface area (Å²) in [4.78, 5) is 0. The minimum atomic E-state index is 0.462. The van der Waals surface area contributed by atoms with Crippen LogP contribution in [0.4, 0.5) is 5.82 Å². The predicted octanol–water partition coefficient (Wildman–Crippen LogP) is 3.70. The molecule has 1 rings (SSSR count). The third-order valence-electron chi connectivity index (χ3n) is 2.90. The van der Waals surface area contributed by atoms with Gasteiger partial charge in [-0.25, -0.2) is 4.68 Å². The van der Waals surface area contributed by atoms with Crippen molar-refractivity contribution in [3.05, 3.63) is 12.3 Å². The summed E-state index contributed by atoms with van der Waals surface area (Å²) in [6, 6.07) is 3.02. The molecule has 16 heavy (non-hydrogen) atoms. The van der Waals surface area contributed by atoms with Gasteiger partial charge >= 0.3 is 0 Å². The van der Waals surface area contributed by atoms with Crippen LogP contribution in [0.15, 0.2) is 12.3 Å². The Morgan fingerprint density at radius 1 is 1.31 bits per heavy atom. The highest BCUT2D eigenvalue weighted by Crippen LogP contribution is 2.18. The van der Waals surface area contributed by atoms with E-state index in [9.17, 15) is 0 Å². The number of rotatable bonds is 6. The zero-order valence-corrected chi connectivity index (χ0v) is 11.2. The largest absolute Gasteiger partial charge is 0.368 e. The standard InChI is InChI=1S/C13H25N3/c1-6-12(5)16-13(7-8-14-16)15-11(4)9-10(2)3/h7-8,10-12,15H,6,9H2,1-5H3. The van der Waals surface area contributed by atoms with Crippen LogP contribution in [-0.4, -0.2) is 15.8 Å². The molecule has 1 heterocycles. The molecule has 1 N–H and O–H groups in total. The van der Waals surface area contributed by atoms with Gasteiger partial charge in [0.1, 0.15) is 5.82 Å². The molecule has 1 aromatic rings. The molecule has 3 heteroatoms. The van der Waals surface area contributed by atoms with E-state index >= 15 is 0 Å². The van der Waals surface area contributed by atoms with E-state index in [2.05, 4.69) is 55.8 Å². The van der Waals surface area contributed by atoms with Gasteiger partial charge in [-0.15, -0.1) is 0 Å². The topological polar surface area (TPSA) is 29.9 Å². The summed E-state index contributed by atoms with van der Waals surface area (Å²) < 4.78 is 2.08. The van der Waals surface area contributed by atoms with E-state index in [1.54, 1.807) is 0 Å². The molecule has 2 unspecified atom stereocenters. The second-order valence-corrected chi connectivity index (χ2v) is 5.09. The van der Waals surface area contributed by atoms with Gasteiger partial charge < -0.3 is 5.32 Å². The monoisotopic (exact) mass is 223 g/mol. The molecule has 0 aliphatic carbocycles. The zero-order chi connectivity index (χ0) is 12.1. The molecule has 3 nitrogen and oxygen atoms in total. The summed E-state index contributed by atoms with van der Waals surface area (Å²) in [5.41, 5.74) is 0. The fourth-order valence-electron chi connectivity index (χ4n) is 1.97. The first-order chi connectivity index (χ1) is 7.54. The van der Waals surface area contributed by atoms with Crippen LogP contribution in [0, 0.1) is 5.92 Å². The lowest BCUT2D eigenvalue weighted by atomic mass is 10.1. The Balaban J connectivity index is 2.63. The third-order valence-corrected chi connectivity index (χ3v) is 2.90. The zero-order valence-electron chi connectivity index (χ0n) is 11.2. The van der Waals surface area contributed by atoms with Crippen LogP contribution in [0.1, 0.15) is 53.5 Å². The maximum atomic E-state index is 4.37. The van der Waals surface area contributed by atoms with E-state index in [0.29, 0.717) is 12.1 Å². The minimum Gasteiger partial charge on any atom is -0.368 e. The number of nitrogens with zero attached hydrogens (tertiary/aromatic N) is 2. The Labute approximate surface area is 99.2 Å². The molecule has 1 aromatic heterocycles. The van der Waals surface area contributed by atoms with Gasteiger partial charge in [-0.05, 0) is 32.6 Å². The van der Waals surface area contributed by atoms with Crippen molar-refractivity contribution in [2.75, 3.05) is 5.32 Å². The number of aromatic nitrogens is 2. The lowest BCUT2D eigenvalue weighted by Crippen LogP contribution is -2.21. The normalized spacial score (nSPS) is 15.1. The van der Waals surface area contributed by atoms with Crippen molar-refractivity contribution in [2.24, 2.45) is 5.92 Å². The van der Waals surface area contributed by atoms with Crippen LogP contribution in [0.25, 0.3) is 0 Å². The second-order valence-electron chi connectivity index (χ2n) is 5.09. The minimum absolute atomic E-state index is 0.462. The van der Waals surface area contributed by atoms with Crippen LogP contribution in [0.2, 0.25) is 0 Å². The molecular formula is C13H25N3. The van der Waals surface area contributed by atoms with Crippen molar-refractivity contribution in [1.82, 2.24) is 9.78 Å². The van der Waals surface area contributed by atoms with Crippen molar-refractivity contribution < 1.29 is 0 Å². The van der Waals surface area contributed by atoms with E-state index in [4.69, 9.17) is 0 Å². The predicted molar refractivity (Wildman–Crippen MR) is 69.8 cm³/mol. The van der Waals surface area contributed by atoms with Gasteiger partial charge in [0.25, 0.3) is 0 Å². The summed E-state index contributed by atoms with van der Waals surface area (Å²) in [6.45, 7) is 11.1. The molecule has 92 valence electrons. The molecule has 0 saturated carbocycles. The highest BCUT2D eigenvalue weighted by molar-refractivity contribution is 5.35. The van der Waals surface area contributed by atoms with Crippen molar-refractivity contribution in [3.8, 4) is 0 Å². The molecule has 0 spiro atoms. The van der Waals surface area contributed by atoms with Crippen LogP contribution in [0.5, 0.6) is 0 Å². The van der Waals surface area contributed by atoms with Gasteiger partial charge in [-0.1, -0.05) is 20.8 Å². The summed E-state index contributed by atoms with van der Waals surface area (Å²) in [5, 5.41) is 7.91. The molecule has 0 aromatic carbocycles. The van der Waals surface area contributed by atoms with Crippen LogP contribution in [0.3, 0.4) is 0 Å². The summed E-state index contributed by atoms with van der Waals surface area (Å²) in [5.74, 6) is 1.87. The number of nitrogens with one attached hydrogen (secondary N) is 1. The lowest BCUT2D eigenvalue weighted by Gasteiger charge is -2.20. The smallest absolute Gasteiger partial charge is 0.124 e. The van der Waals surface area contributed by atoms with Crippen molar-refractivity contribution in [3.63, 3.8) is 0 Å². The Kier molecular flexibility index (Phi) is 4.84. The molecule has 0 fully saturated rings. The first-order valence-electron chi connectivity index (χ1n) is 6.34. The van der Waals surface area contributed by atoms with Gasteiger partial charge in [0.15, 0.2) is 0 Å². The number of hydrogen-bond acceptors (Lipinski definition) is 2. The summed E-state index contributed by atoms with van der Waals surface area (Å²) >= 11 is 0. The first kappa shape index (κ1) is 13.1. The van der Waals surface area contributed by atoms with E-state index in [1.807, 2.05) is 6.20 Å². The maximum absolute atomic E-state index is 4.37. The number of anilines is 1. The number of hydrogen-bond donors (Lipinski definition) is 1. The molecule has 0 aliphatic rings. The Hall–Kier alpha value is -0.990. The highest BCUT2D eigenvalue weighted by atomic mass is 15.3. The van der Waals surface area contributed by atoms with Crippen molar-refractivity contribution >= 4 is 5.82 Å². The lowest BCUT2D eigenvalue weighted by molar-refractivity contribution is 0.475. The average Bonchev–Trinajstić information content (AvgIpc) is 2.63. The van der Waals surface area contributed by atoms with Crippen molar-refractivity contribution in [2.45, 2.75) is 59.5 Å². The second kappa shape index (κ2) is 5.92. The molecule has 0 amide bonds. The van der Waals surface area contributed by atoms with E-state index in [-0.39, 0.29) is 0 Å². The highest BCUT2D eigenvalue weighted by Gasteiger charge is 2.11. The molecule has 0 bridgehead atoms. The van der Waals surface area contributed by atoms with Gasteiger partial charge in [0.2, 0.25) is 0 Å². The Morgan fingerprint density at radius 2 is 2.00 bits per heavy atom. The maximum Gasteiger partial charge on any atom is 0.124 e. The van der Waals surface area contributed by atoms with Gasteiger partial charge in [-0.2, -0.15) is 5.10 Å². The molecule has 0 saturated heterocycles. The van der Waals surface area contributed by atoms with Gasteiger partial charge in [0.05, 0.1) is 12.2 Å². The van der Waals surface area contributed by atoms with E-state index < -0.39 is 0 Å². The van der Waals surface area contributed by atoms with E-state index in [0.717, 1.165) is 18.2 Å². The Morgan fingerprint density at radius 3 is 2.56 bits per heavy atom. The molecule has 2 atom stereocenters. The molecule has 0 aliphatic heterocycles. The fraction of sp³-hybridized carbons (Fsp3) is 0.769. The van der Waals surface area contributed by atoms with Crippen molar-refractivity contribution in [1.29, 1.82) is 0 Å².